The third-order valence-electron chi connectivity index (χ3n) is 3.32. The van der Waals surface area contributed by atoms with Gasteiger partial charge in [-0.15, -0.1) is 11.3 Å². The first kappa shape index (κ1) is 12.1. The largest absolute Gasteiger partial charge is 0.505 e. The molecule has 1 aliphatic heterocycles. The Kier molecular flexibility index (Phi) is 2.91. The van der Waals surface area contributed by atoms with Gasteiger partial charge in [0.1, 0.15) is 0 Å². The fourth-order valence-corrected chi connectivity index (χ4v) is 2.40. The first-order valence-corrected chi connectivity index (χ1v) is 6.22. The highest BCUT2D eigenvalue weighted by Gasteiger charge is 2.52. The lowest BCUT2D eigenvalue weighted by Gasteiger charge is -2.32. The Morgan fingerprint density at radius 1 is 1.19 bits per heavy atom. The van der Waals surface area contributed by atoms with Crippen LogP contribution in [0.15, 0.2) is 12.1 Å². The molecule has 1 N–H and O–H groups in total. The molecule has 0 spiro atoms. The molecule has 1 aromatic heterocycles. The molecule has 5 heteroatoms. The van der Waals surface area contributed by atoms with Crippen LogP contribution in [-0.2, 0) is 15.9 Å². The summed E-state index contributed by atoms with van der Waals surface area (Å²) in [6.07, 6.45) is 0. The Morgan fingerprint density at radius 2 is 1.75 bits per heavy atom. The number of hydrogen-bond donors (Lipinski definition) is 1. The average molecular weight is 240 g/mol. The molecular formula is C11H17BO3S. The fourth-order valence-electron chi connectivity index (χ4n) is 1.57. The van der Waals surface area contributed by atoms with E-state index in [2.05, 4.69) is 0 Å². The van der Waals surface area contributed by atoms with Gasteiger partial charge in [0.25, 0.3) is 0 Å². The van der Waals surface area contributed by atoms with Gasteiger partial charge in [0.15, 0.2) is 0 Å². The van der Waals surface area contributed by atoms with E-state index in [4.69, 9.17) is 14.4 Å². The minimum absolute atomic E-state index is 0.0736. The Bertz CT molecular complexity index is 370. The van der Waals surface area contributed by atoms with E-state index in [1.165, 1.54) is 11.3 Å². The third kappa shape index (κ3) is 1.93. The maximum absolute atomic E-state index is 9.03. The zero-order chi connectivity index (χ0) is 12.0. The van der Waals surface area contributed by atoms with E-state index >= 15 is 0 Å². The van der Waals surface area contributed by atoms with E-state index < -0.39 is 0 Å². The lowest BCUT2D eigenvalue weighted by Crippen LogP contribution is -2.41. The Morgan fingerprint density at radius 3 is 2.19 bits per heavy atom. The molecule has 16 heavy (non-hydrogen) atoms. The van der Waals surface area contributed by atoms with Gasteiger partial charge in [-0.05, 0) is 33.8 Å². The quantitative estimate of drug-likeness (QED) is 0.797. The van der Waals surface area contributed by atoms with Crippen molar-refractivity contribution >= 4 is 23.2 Å². The topological polar surface area (TPSA) is 38.7 Å². The summed E-state index contributed by atoms with van der Waals surface area (Å²) in [5, 5.41) is 9.03. The van der Waals surface area contributed by atoms with Crippen LogP contribution < -0.4 is 4.78 Å². The van der Waals surface area contributed by atoms with E-state index in [1.807, 2.05) is 39.8 Å². The molecule has 0 unspecified atom stereocenters. The van der Waals surface area contributed by atoms with Crippen molar-refractivity contribution in [1.29, 1.82) is 0 Å². The zero-order valence-electron chi connectivity index (χ0n) is 10.1. The Hall–Kier alpha value is -0.355. The highest BCUT2D eigenvalue weighted by atomic mass is 32.1. The molecule has 2 heterocycles. The molecule has 2 rings (SSSR count). The summed E-state index contributed by atoms with van der Waals surface area (Å²) in [4.78, 5) is 0.935. The maximum Gasteiger partial charge on any atom is 0.505 e. The molecule has 1 saturated heterocycles. The van der Waals surface area contributed by atoms with Crippen molar-refractivity contribution in [1.82, 2.24) is 0 Å². The molecule has 0 radical (unpaired) electrons. The van der Waals surface area contributed by atoms with E-state index in [-0.39, 0.29) is 24.9 Å². The summed E-state index contributed by atoms with van der Waals surface area (Å²) < 4.78 is 12.8. The Balaban J connectivity index is 2.20. The normalized spacial score (nSPS) is 22.7. The standard InChI is InChI=1S/C11H17BO3S/c1-10(2)11(3,4)15-12(14-10)9-6-5-8(7-13)16-9/h5-6,13H,7H2,1-4H3. The summed E-state index contributed by atoms with van der Waals surface area (Å²) in [6, 6.07) is 3.86. The van der Waals surface area contributed by atoms with E-state index in [1.54, 1.807) is 0 Å². The first-order valence-electron chi connectivity index (χ1n) is 5.41. The van der Waals surface area contributed by atoms with Gasteiger partial charge >= 0.3 is 7.12 Å². The van der Waals surface area contributed by atoms with Gasteiger partial charge in [0, 0.05) is 9.65 Å². The van der Waals surface area contributed by atoms with Crippen molar-refractivity contribution in [3.63, 3.8) is 0 Å². The second-order valence-electron chi connectivity index (χ2n) is 5.05. The Labute approximate surface area is 101 Å². The van der Waals surface area contributed by atoms with Crippen LogP contribution in [0, 0.1) is 0 Å². The first-order chi connectivity index (χ1) is 7.36. The van der Waals surface area contributed by atoms with Gasteiger partial charge in [-0.1, -0.05) is 6.07 Å². The van der Waals surface area contributed by atoms with Gasteiger partial charge in [-0.3, -0.25) is 0 Å². The molecule has 1 aliphatic rings. The van der Waals surface area contributed by atoms with E-state index in [0.717, 1.165) is 9.65 Å². The van der Waals surface area contributed by atoms with Crippen molar-refractivity contribution in [3.05, 3.63) is 17.0 Å². The second kappa shape index (κ2) is 3.84. The molecule has 3 nitrogen and oxygen atoms in total. The lowest BCUT2D eigenvalue weighted by atomic mass is 9.88. The predicted octanol–water partition coefficient (Wildman–Crippen LogP) is 1.54. The number of rotatable bonds is 2. The van der Waals surface area contributed by atoms with Crippen LogP contribution in [0.1, 0.15) is 32.6 Å². The number of hydrogen-bond acceptors (Lipinski definition) is 4. The third-order valence-corrected chi connectivity index (χ3v) is 4.42. The fraction of sp³-hybridized carbons (Fsp3) is 0.636. The number of aliphatic hydroxyl groups excluding tert-OH is 1. The van der Waals surface area contributed by atoms with E-state index in [9.17, 15) is 0 Å². The summed E-state index contributed by atoms with van der Waals surface area (Å²) in [6.45, 7) is 8.21. The summed E-state index contributed by atoms with van der Waals surface area (Å²) in [7, 11) is -0.310. The van der Waals surface area contributed by atoms with Crippen molar-refractivity contribution in [2.45, 2.75) is 45.5 Å². The van der Waals surface area contributed by atoms with Crippen LogP contribution in [-0.4, -0.2) is 23.4 Å². The SMILES string of the molecule is CC1(C)OB(c2ccc(CO)s2)OC1(C)C. The molecule has 1 aromatic rings. The molecule has 0 amide bonds. The molecule has 0 bridgehead atoms. The van der Waals surface area contributed by atoms with Gasteiger partial charge < -0.3 is 14.4 Å². The molecule has 0 saturated carbocycles. The van der Waals surface area contributed by atoms with Crippen molar-refractivity contribution in [3.8, 4) is 0 Å². The van der Waals surface area contributed by atoms with Crippen LogP contribution in [0.5, 0.6) is 0 Å². The van der Waals surface area contributed by atoms with Gasteiger partial charge in [-0.2, -0.15) is 0 Å². The highest BCUT2D eigenvalue weighted by Crippen LogP contribution is 2.36. The van der Waals surface area contributed by atoms with Crippen molar-refractivity contribution in [2.75, 3.05) is 0 Å². The maximum atomic E-state index is 9.03. The van der Waals surface area contributed by atoms with Crippen LogP contribution in [0.25, 0.3) is 0 Å². The van der Waals surface area contributed by atoms with Crippen molar-refractivity contribution in [2.24, 2.45) is 0 Å². The number of aliphatic hydroxyl groups is 1. The minimum atomic E-state index is -0.310. The molecule has 1 fully saturated rings. The zero-order valence-corrected chi connectivity index (χ0v) is 10.9. The van der Waals surface area contributed by atoms with E-state index in [0.29, 0.717) is 0 Å². The van der Waals surface area contributed by atoms with Gasteiger partial charge in [0.05, 0.1) is 17.8 Å². The van der Waals surface area contributed by atoms with Crippen LogP contribution >= 0.6 is 11.3 Å². The number of thiophene rings is 1. The molecule has 0 aromatic carbocycles. The van der Waals surface area contributed by atoms with Gasteiger partial charge in [0.2, 0.25) is 0 Å². The summed E-state index contributed by atoms with van der Waals surface area (Å²) in [5.74, 6) is 0. The smallest absolute Gasteiger partial charge is 0.399 e. The monoisotopic (exact) mass is 240 g/mol. The van der Waals surface area contributed by atoms with Crippen LogP contribution in [0.2, 0.25) is 0 Å². The predicted molar refractivity (Wildman–Crippen MR) is 66.0 cm³/mol. The minimum Gasteiger partial charge on any atom is -0.399 e. The molecule has 0 atom stereocenters. The van der Waals surface area contributed by atoms with Gasteiger partial charge in [-0.25, -0.2) is 0 Å². The molecular weight excluding hydrogens is 223 g/mol. The highest BCUT2D eigenvalue weighted by molar-refractivity contribution is 7.22. The average Bonchev–Trinajstić information content (AvgIpc) is 2.70. The lowest BCUT2D eigenvalue weighted by molar-refractivity contribution is 0.00578. The molecule has 88 valence electrons. The van der Waals surface area contributed by atoms with Crippen LogP contribution in [0.3, 0.4) is 0 Å². The van der Waals surface area contributed by atoms with Crippen LogP contribution in [0.4, 0.5) is 0 Å². The summed E-state index contributed by atoms with van der Waals surface area (Å²) in [5.41, 5.74) is -0.609. The van der Waals surface area contributed by atoms with Crippen molar-refractivity contribution < 1.29 is 14.4 Å². The second-order valence-corrected chi connectivity index (χ2v) is 6.25. The summed E-state index contributed by atoms with van der Waals surface area (Å²) >= 11 is 1.53. The molecule has 0 aliphatic carbocycles.